The molecule has 0 atom stereocenters. The van der Waals surface area contributed by atoms with Crippen LogP contribution in [-0.4, -0.2) is 30.0 Å². The van der Waals surface area contributed by atoms with Crippen molar-refractivity contribution in [3.05, 3.63) is 66.2 Å². The minimum Gasteiger partial charge on any atom is -0.453 e. The molecule has 1 aliphatic rings. The topological polar surface area (TPSA) is 76.0 Å². The van der Waals surface area contributed by atoms with Crippen molar-refractivity contribution in [2.45, 2.75) is 12.8 Å². The maximum absolute atomic E-state index is 12.2. The summed E-state index contributed by atoms with van der Waals surface area (Å²) in [5.74, 6) is -1.16. The number of amides is 1. The van der Waals surface area contributed by atoms with Gasteiger partial charge in [-0.15, -0.1) is 0 Å². The molecule has 0 saturated heterocycles. The highest BCUT2D eigenvalue weighted by atomic mass is 16.5. The third-order valence-corrected chi connectivity index (χ3v) is 3.70. The number of hydrogen-bond donors (Lipinski definition) is 0. The summed E-state index contributed by atoms with van der Waals surface area (Å²) in [4.78, 5) is 36.2. The van der Waals surface area contributed by atoms with Crippen molar-refractivity contribution < 1.29 is 19.1 Å². The molecule has 0 N–H and O–H groups in total. The van der Waals surface area contributed by atoms with E-state index in [9.17, 15) is 14.4 Å². The van der Waals surface area contributed by atoms with E-state index < -0.39 is 5.97 Å². The lowest BCUT2D eigenvalue weighted by molar-refractivity contribution is -0.134. The number of esters is 1. The Hall–Kier alpha value is -3.28. The van der Waals surface area contributed by atoms with E-state index in [1.807, 2.05) is 6.07 Å². The molecule has 25 heavy (non-hydrogen) atoms. The van der Waals surface area contributed by atoms with E-state index in [-0.39, 0.29) is 36.9 Å². The molecular weight excluding hydrogens is 320 g/mol. The molecule has 0 radical (unpaired) electrons. The molecule has 0 saturated carbocycles. The van der Waals surface area contributed by atoms with E-state index in [2.05, 4.69) is 5.10 Å². The Labute approximate surface area is 144 Å². The number of nitrogens with zero attached hydrogens (tertiary/aromatic N) is 2. The van der Waals surface area contributed by atoms with Crippen LogP contribution in [0.15, 0.2) is 65.8 Å². The van der Waals surface area contributed by atoms with Crippen molar-refractivity contribution in [3.8, 4) is 0 Å². The van der Waals surface area contributed by atoms with E-state index >= 15 is 0 Å². The molecule has 2 aromatic rings. The van der Waals surface area contributed by atoms with E-state index in [4.69, 9.17) is 4.74 Å². The van der Waals surface area contributed by atoms with Gasteiger partial charge in [0.15, 0.2) is 12.4 Å². The normalized spacial score (nSPS) is 14.0. The number of hydrogen-bond acceptors (Lipinski definition) is 5. The highest BCUT2D eigenvalue weighted by Gasteiger charge is 2.26. The van der Waals surface area contributed by atoms with Crippen LogP contribution in [-0.2, 0) is 14.3 Å². The number of anilines is 1. The largest absolute Gasteiger partial charge is 0.453 e. The molecule has 0 fully saturated rings. The Balaban J connectivity index is 1.67. The summed E-state index contributed by atoms with van der Waals surface area (Å²) < 4.78 is 5.06. The van der Waals surface area contributed by atoms with Crippen molar-refractivity contribution in [3.63, 3.8) is 0 Å². The van der Waals surface area contributed by atoms with Crippen molar-refractivity contribution in [1.82, 2.24) is 0 Å². The van der Waals surface area contributed by atoms with Crippen LogP contribution in [0.2, 0.25) is 0 Å². The minimum atomic E-state index is -0.683. The quantitative estimate of drug-likeness (QED) is 0.621. The monoisotopic (exact) mass is 336 g/mol. The average Bonchev–Trinajstić information content (AvgIpc) is 2.67. The molecule has 3 rings (SSSR count). The first kappa shape index (κ1) is 16.6. The molecule has 1 heterocycles. The fourth-order valence-corrected chi connectivity index (χ4v) is 2.39. The summed E-state index contributed by atoms with van der Waals surface area (Å²) in [5, 5.41) is 5.29. The van der Waals surface area contributed by atoms with Crippen LogP contribution in [0.1, 0.15) is 23.2 Å². The Morgan fingerprint density at radius 2 is 1.60 bits per heavy atom. The molecule has 0 spiro atoms. The zero-order chi connectivity index (χ0) is 17.6. The van der Waals surface area contributed by atoms with Gasteiger partial charge >= 0.3 is 5.97 Å². The average molecular weight is 336 g/mol. The molecule has 0 aromatic heterocycles. The molecule has 126 valence electrons. The van der Waals surface area contributed by atoms with Gasteiger partial charge < -0.3 is 4.74 Å². The second-order valence-corrected chi connectivity index (χ2v) is 5.45. The second kappa shape index (κ2) is 7.53. The zero-order valence-electron chi connectivity index (χ0n) is 13.4. The SMILES string of the molecule is O=C(OCC(=O)c1ccccc1)C1=NN(c2ccccc2)C(=O)CC1. The van der Waals surface area contributed by atoms with Crippen molar-refractivity contribution >= 4 is 29.1 Å². The van der Waals surface area contributed by atoms with Crippen LogP contribution >= 0.6 is 0 Å². The maximum atomic E-state index is 12.2. The third kappa shape index (κ3) is 3.98. The predicted octanol–water partition coefficient (Wildman–Crippen LogP) is 2.60. The zero-order valence-corrected chi connectivity index (χ0v) is 13.4. The van der Waals surface area contributed by atoms with Gasteiger partial charge in [0.2, 0.25) is 5.91 Å². The van der Waals surface area contributed by atoms with E-state index in [0.717, 1.165) is 0 Å². The van der Waals surface area contributed by atoms with E-state index in [1.54, 1.807) is 54.6 Å². The molecule has 0 aliphatic carbocycles. The fraction of sp³-hybridized carbons (Fsp3) is 0.158. The minimum absolute atomic E-state index is 0.129. The molecule has 0 bridgehead atoms. The summed E-state index contributed by atoms with van der Waals surface area (Å²) in [5.41, 5.74) is 1.18. The number of rotatable bonds is 5. The van der Waals surface area contributed by atoms with Gasteiger partial charge in [-0.05, 0) is 12.1 Å². The Morgan fingerprint density at radius 1 is 0.960 bits per heavy atom. The number of ether oxygens (including phenoxy) is 1. The predicted molar refractivity (Wildman–Crippen MR) is 92.3 cm³/mol. The summed E-state index contributed by atoms with van der Waals surface area (Å²) >= 11 is 0. The number of benzene rings is 2. The second-order valence-electron chi connectivity index (χ2n) is 5.45. The number of para-hydroxylation sites is 1. The van der Waals surface area contributed by atoms with Gasteiger partial charge in [-0.3, -0.25) is 9.59 Å². The highest BCUT2D eigenvalue weighted by Crippen LogP contribution is 2.20. The molecule has 1 aliphatic heterocycles. The van der Waals surface area contributed by atoms with Crippen LogP contribution < -0.4 is 5.01 Å². The van der Waals surface area contributed by atoms with Crippen LogP contribution in [0, 0.1) is 0 Å². The van der Waals surface area contributed by atoms with Crippen LogP contribution in [0.25, 0.3) is 0 Å². The number of ketones is 1. The van der Waals surface area contributed by atoms with E-state index in [0.29, 0.717) is 11.3 Å². The van der Waals surface area contributed by atoms with Gasteiger partial charge in [-0.2, -0.15) is 5.10 Å². The lowest BCUT2D eigenvalue weighted by Crippen LogP contribution is -2.35. The smallest absolute Gasteiger partial charge is 0.354 e. The number of hydrazone groups is 1. The number of carbonyl (C=O) groups excluding carboxylic acids is 3. The molecule has 6 heteroatoms. The summed E-state index contributed by atoms with van der Waals surface area (Å²) in [6.45, 7) is -0.360. The first-order valence-corrected chi connectivity index (χ1v) is 7.86. The van der Waals surface area contributed by atoms with Crippen molar-refractivity contribution in [2.75, 3.05) is 11.6 Å². The summed E-state index contributed by atoms with van der Waals surface area (Å²) in [6.07, 6.45) is 0.357. The first-order chi connectivity index (χ1) is 12.1. The van der Waals surface area contributed by atoms with Gasteiger partial charge in [0, 0.05) is 18.4 Å². The number of carbonyl (C=O) groups is 3. The van der Waals surface area contributed by atoms with Crippen LogP contribution in [0.3, 0.4) is 0 Å². The Kier molecular flexibility index (Phi) is 4.99. The van der Waals surface area contributed by atoms with Crippen molar-refractivity contribution in [1.29, 1.82) is 0 Å². The molecular formula is C19H16N2O4. The third-order valence-electron chi connectivity index (χ3n) is 3.70. The molecule has 1 amide bonds. The molecule has 6 nitrogen and oxygen atoms in total. The maximum Gasteiger partial charge on any atom is 0.354 e. The molecule has 2 aromatic carbocycles. The molecule has 0 unspecified atom stereocenters. The van der Waals surface area contributed by atoms with Gasteiger partial charge in [-0.25, -0.2) is 9.80 Å². The summed E-state index contributed by atoms with van der Waals surface area (Å²) in [6, 6.07) is 17.4. The standard InChI is InChI=1S/C19H16N2O4/c22-17(14-7-3-1-4-8-14)13-25-19(24)16-11-12-18(23)21(20-16)15-9-5-2-6-10-15/h1-10H,11-13H2. The van der Waals surface area contributed by atoms with Gasteiger partial charge in [-0.1, -0.05) is 48.5 Å². The van der Waals surface area contributed by atoms with Gasteiger partial charge in [0.25, 0.3) is 0 Å². The van der Waals surface area contributed by atoms with E-state index in [1.165, 1.54) is 5.01 Å². The fourth-order valence-electron chi connectivity index (χ4n) is 2.39. The van der Waals surface area contributed by atoms with Crippen molar-refractivity contribution in [2.24, 2.45) is 5.10 Å². The highest BCUT2D eigenvalue weighted by molar-refractivity contribution is 6.38. The van der Waals surface area contributed by atoms with Gasteiger partial charge in [0.1, 0.15) is 5.71 Å². The van der Waals surface area contributed by atoms with Gasteiger partial charge in [0.05, 0.1) is 5.69 Å². The lowest BCUT2D eigenvalue weighted by Gasteiger charge is -2.22. The summed E-state index contributed by atoms with van der Waals surface area (Å²) in [7, 11) is 0. The van der Waals surface area contributed by atoms with Crippen LogP contribution in [0.5, 0.6) is 0 Å². The van der Waals surface area contributed by atoms with Crippen LogP contribution in [0.4, 0.5) is 5.69 Å². The number of Topliss-reactive ketones (excluding diaryl/α,β-unsaturated/α-hetero) is 1. The first-order valence-electron chi connectivity index (χ1n) is 7.86. The lowest BCUT2D eigenvalue weighted by atomic mass is 10.1. The Morgan fingerprint density at radius 3 is 2.28 bits per heavy atom. The Bertz CT molecular complexity index is 816.